The molecule has 2 unspecified atom stereocenters. The molecule has 0 aromatic rings. The van der Waals surface area contributed by atoms with E-state index in [-0.39, 0.29) is 24.5 Å². The first kappa shape index (κ1) is 14.9. The maximum atomic E-state index is 12.0. The van der Waals surface area contributed by atoms with E-state index >= 15 is 0 Å². The summed E-state index contributed by atoms with van der Waals surface area (Å²) in [6.45, 7) is 4.39. The summed E-state index contributed by atoms with van der Waals surface area (Å²) in [6.07, 6.45) is 3.16. The number of aliphatic hydroxyl groups excluding tert-OH is 1. The molecule has 5 nitrogen and oxygen atoms in total. The highest BCUT2D eigenvalue weighted by Gasteiger charge is 2.26. The van der Waals surface area contributed by atoms with Crippen molar-refractivity contribution in [2.24, 2.45) is 5.92 Å². The van der Waals surface area contributed by atoms with Gasteiger partial charge in [-0.15, -0.1) is 0 Å². The van der Waals surface area contributed by atoms with E-state index in [1.807, 2.05) is 6.92 Å². The third-order valence-electron chi connectivity index (χ3n) is 3.48. The van der Waals surface area contributed by atoms with Gasteiger partial charge in [-0.3, -0.25) is 4.79 Å². The molecule has 1 amide bonds. The van der Waals surface area contributed by atoms with Crippen LogP contribution in [0.25, 0.3) is 0 Å². The summed E-state index contributed by atoms with van der Waals surface area (Å²) >= 11 is 0. The number of nitrogens with one attached hydrogen (secondary N) is 1. The van der Waals surface area contributed by atoms with Crippen molar-refractivity contribution in [2.45, 2.75) is 38.6 Å². The van der Waals surface area contributed by atoms with Crippen molar-refractivity contribution in [1.82, 2.24) is 10.2 Å². The molecule has 0 radical (unpaired) electrons. The maximum absolute atomic E-state index is 12.0. The van der Waals surface area contributed by atoms with Crippen molar-refractivity contribution in [3.63, 3.8) is 0 Å². The molecular formula is C13H23N3O2. The molecule has 5 heteroatoms. The van der Waals surface area contributed by atoms with Crippen LogP contribution in [0.1, 0.15) is 32.6 Å². The molecule has 18 heavy (non-hydrogen) atoms. The van der Waals surface area contributed by atoms with E-state index in [1.54, 1.807) is 0 Å². The monoisotopic (exact) mass is 253 g/mol. The van der Waals surface area contributed by atoms with E-state index in [2.05, 4.69) is 16.3 Å². The minimum Gasteiger partial charge on any atom is -0.394 e. The van der Waals surface area contributed by atoms with Crippen LogP contribution in [0.4, 0.5) is 0 Å². The van der Waals surface area contributed by atoms with Crippen LogP contribution >= 0.6 is 0 Å². The van der Waals surface area contributed by atoms with Crippen molar-refractivity contribution in [3.05, 3.63) is 0 Å². The first-order chi connectivity index (χ1) is 8.71. The lowest BCUT2D eigenvalue weighted by atomic mass is 9.96. The minimum absolute atomic E-state index is 0.00181. The molecule has 1 saturated heterocycles. The summed E-state index contributed by atoms with van der Waals surface area (Å²) in [5, 5.41) is 20.5. The molecule has 1 aliphatic rings. The van der Waals surface area contributed by atoms with Gasteiger partial charge in [-0.2, -0.15) is 5.26 Å². The first-order valence-electron chi connectivity index (χ1n) is 6.71. The predicted octanol–water partition coefficient (Wildman–Crippen LogP) is 0.499. The Morgan fingerprint density at radius 2 is 2.44 bits per heavy atom. The Bertz CT molecular complexity index is 297. The lowest BCUT2D eigenvalue weighted by Gasteiger charge is -2.32. The Morgan fingerprint density at radius 1 is 1.67 bits per heavy atom. The van der Waals surface area contributed by atoms with Gasteiger partial charge in [0, 0.05) is 19.5 Å². The first-order valence-corrected chi connectivity index (χ1v) is 6.71. The van der Waals surface area contributed by atoms with E-state index < -0.39 is 0 Å². The largest absolute Gasteiger partial charge is 0.394 e. The Labute approximate surface area is 109 Å². The summed E-state index contributed by atoms with van der Waals surface area (Å²) in [7, 11) is 0. The quantitative estimate of drug-likeness (QED) is 0.722. The number of hydrogen-bond donors (Lipinski definition) is 2. The van der Waals surface area contributed by atoms with Gasteiger partial charge in [-0.05, 0) is 25.8 Å². The molecule has 0 bridgehead atoms. The van der Waals surface area contributed by atoms with Crippen molar-refractivity contribution in [2.75, 3.05) is 26.2 Å². The smallest absolute Gasteiger partial charge is 0.224 e. The highest BCUT2D eigenvalue weighted by atomic mass is 16.3. The van der Waals surface area contributed by atoms with Gasteiger partial charge in [0.2, 0.25) is 5.91 Å². The van der Waals surface area contributed by atoms with Crippen LogP contribution in [-0.4, -0.2) is 48.2 Å². The summed E-state index contributed by atoms with van der Waals surface area (Å²) < 4.78 is 0. The number of aliphatic hydroxyl groups is 1. The average Bonchev–Trinajstić information content (AvgIpc) is 2.42. The molecule has 0 spiro atoms. The Kier molecular flexibility index (Phi) is 6.69. The van der Waals surface area contributed by atoms with Crippen LogP contribution < -0.4 is 5.32 Å². The van der Waals surface area contributed by atoms with Gasteiger partial charge >= 0.3 is 0 Å². The topological polar surface area (TPSA) is 76.4 Å². The third-order valence-corrected chi connectivity index (χ3v) is 3.48. The molecule has 1 rings (SSSR count). The molecule has 102 valence electrons. The van der Waals surface area contributed by atoms with Crippen LogP contribution in [0, 0.1) is 17.2 Å². The Hall–Kier alpha value is -1.12. The number of nitriles is 1. The summed E-state index contributed by atoms with van der Waals surface area (Å²) in [4.78, 5) is 14.2. The number of amides is 1. The van der Waals surface area contributed by atoms with E-state index in [4.69, 9.17) is 10.4 Å². The fraction of sp³-hybridized carbons (Fsp3) is 0.846. The molecule has 1 fully saturated rings. The van der Waals surface area contributed by atoms with Crippen molar-refractivity contribution in [3.8, 4) is 6.07 Å². The number of carbonyl (C=O) groups is 1. The predicted molar refractivity (Wildman–Crippen MR) is 68.7 cm³/mol. The van der Waals surface area contributed by atoms with Gasteiger partial charge in [-0.1, -0.05) is 6.92 Å². The lowest BCUT2D eigenvalue weighted by molar-refractivity contribution is -0.127. The normalized spacial score (nSPS) is 22.2. The van der Waals surface area contributed by atoms with Crippen LogP contribution in [0.3, 0.4) is 0 Å². The fourth-order valence-corrected chi connectivity index (χ4v) is 2.28. The van der Waals surface area contributed by atoms with Gasteiger partial charge in [0.25, 0.3) is 0 Å². The number of likely N-dealkylation sites (tertiary alicyclic amines) is 1. The molecule has 0 aromatic carbocycles. The lowest BCUT2D eigenvalue weighted by Crippen LogP contribution is -2.46. The van der Waals surface area contributed by atoms with Gasteiger partial charge in [0.15, 0.2) is 0 Å². The van der Waals surface area contributed by atoms with Gasteiger partial charge in [-0.25, -0.2) is 0 Å². The second-order valence-corrected chi connectivity index (χ2v) is 4.84. The van der Waals surface area contributed by atoms with Crippen LogP contribution in [-0.2, 0) is 4.79 Å². The number of piperidine rings is 1. The number of rotatable bonds is 6. The minimum atomic E-state index is -0.132. The zero-order valence-electron chi connectivity index (χ0n) is 11.1. The Balaban J connectivity index is 2.40. The zero-order chi connectivity index (χ0) is 13.4. The number of nitrogens with zero attached hydrogens (tertiary/aromatic N) is 2. The van der Waals surface area contributed by atoms with Crippen LogP contribution in [0.2, 0.25) is 0 Å². The molecule has 0 aromatic heterocycles. The highest BCUT2D eigenvalue weighted by Crippen LogP contribution is 2.17. The standard InChI is InChI=1S/C13H23N3O2/c1-2-12(10-17)15-13(18)11-5-3-7-16(9-11)8-4-6-14/h11-12,17H,2-5,7-10H2,1H3,(H,15,18). The molecule has 0 saturated carbocycles. The summed E-state index contributed by atoms with van der Waals surface area (Å²) in [6, 6.07) is 2.00. The van der Waals surface area contributed by atoms with E-state index in [0.29, 0.717) is 6.42 Å². The van der Waals surface area contributed by atoms with Gasteiger partial charge in [0.1, 0.15) is 0 Å². The van der Waals surface area contributed by atoms with Crippen LogP contribution in [0.5, 0.6) is 0 Å². The number of hydrogen-bond acceptors (Lipinski definition) is 4. The molecule has 2 atom stereocenters. The maximum Gasteiger partial charge on any atom is 0.224 e. The fourth-order valence-electron chi connectivity index (χ4n) is 2.28. The Morgan fingerprint density at radius 3 is 3.06 bits per heavy atom. The molecule has 1 aliphatic heterocycles. The molecule has 0 aliphatic carbocycles. The van der Waals surface area contributed by atoms with Crippen molar-refractivity contribution >= 4 is 5.91 Å². The number of carbonyl (C=O) groups excluding carboxylic acids is 1. The second kappa shape index (κ2) is 8.06. The second-order valence-electron chi connectivity index (χ2n) is 4.84. The average molecular weight is 253 g/mol. The molecule has 1 heterocycles. The van der Waals surface area contributed by atoms with E-state index in [0.717, 1.165) is 38.9 Å². The summed E-state index contributed by atoms with van der Waals surface area (Å²) in [5.41, 5.74) is 0. The SMILES string of the molecule is CCC(CO)NC(=O)C1CCCN(CCC#N)C1. The van der Waals surface area contributed by atoms with E-state index in [1.165, 1.54) is 0 Å². The highest BCUT2D eigenvalue weighted by molar-refractivity contribution is 5.79. The van der Waals surface area contributed by atoms with E-state index in [9.17, 15) is 4.79 Å². The van der Waals surface area contributed by atoms with Crippen molar-refractivity contribution in [1.29, 1.82) is 5.26 Å². The van der Waals surface area contributed by atoms with Crippen LogP contribution in [0.15, 0.2) is 0 Å². The van der Waals surface area contributed by atoms with Gasteiger partial charge in [0.05, 0.1) is 24.6 Å². The summed E-state index contributed by atoms with van der Waals surface area (Å²) in [5.74, 6) is 0.0376. The molecular weight excluding hydrogens is 230 g/mol. The zero-order valence-corrected chi connectivity index (χ0v) is 11.1. The van der Waals surface area contributed by atoms with Crippen molar-refractivity contribution < 1.29 is 9.90 Å². The molecule has 2 N–H and O–H groups in total. The third kappa shape index (κ3) is 4.63. The van der Waals surface area contributed by atoms with Gasteiger partial charge < -0.3 is 15.3 Å².